The normalized spacial score (nSPS) is 11.5. The lowest BCUT2D eigenvalue weighted by Crippen LogP contribution is -2.29. The number of rotatable bonds is 4. The Morgan fingerprint density at radius 1 is 0.500 bits per heavy atom. The number of aryl methyl sites for hydroxylation is 1. The number of fused-ring (bicyclic) bond motifs is 5. The Hall–Kier alpha value is -6.00. The molecule has 48 heavy (non-hydrogen) atoms. The molecule has 0 unspecified atom stereocenters. The van der Waals surface area contributed by atoms with Gasteiger partial charge in [0.1, 0.15) is 0 Å². The minimum Gasteiger partial charge on any atom is -0.341 e. The number of amides is 2. The number of hydrogen-bond acceptors (Lipinski definition) is 2. The average molecular weight is 629 g/mol. The Labute approximate surface area is 282 Å². The SMILES string of the molecule is C=Cc1ccccc1.C=Cc1ccccc1.CCN1C(=O)c2cc3ccccc3cc2C1=O.CCn1c2ccccc2c2ccccc21. The van der Waals surface area contributed by atoms with Gasteiger partial charge in [-0.2, -0.15) is 0 Å². The van der Waals surface area contributed by atoms with Crippen LogP contribution >= 0.6 is 0 Å². The van der Waals surface area contributed by atoms with Gasteiger partial charge in [0.15, 0.2) is 0 Å². The van der Waals surface area contributed by atoms with Crippen LogP contribution in [0.1, 0.15) is 45.7 Å². The third-order valence-corrected chi connectivity index (χ3v) is 8.22. The maximum atomic E-state index is 12.0. The van der Waals surface area contributed by atoms with Crippen molar-refractivity contribution >= 4 is 56.5 Å². The summed E-state index contributed by atoms with van der Waals surface area (Å²) in [5.41, 5.74) is 6.06. The fourth-order valence-electron chi connectivity index (χ4n) is 5.79. The van der Waals surface area contributed by atoms with Crippen LogP contribution in [0.15, 0.2) is 159 Å². The summed E-state index contributed by atoms with van der Waals surface area (Å²) < 4.78 is 2.37. The summed E-state index contributed by atoms with van der Waals surface area (Å²) in [6.45, 7) is 12.7. The van der Waals surface area contributed by atoms with Crippen molar-refractivity contribution in [1.29, 1.82) is 0 Å². The second-order valence-corrected chi connectivity index (χ2v) is 11.1. The van der Waals surface area contributed by atoms with E-state index in [9.17, 15) is 9.59 Å². The van der Waals surface area contributed by atoms with E-state index in [1.165, 1.54) is 37.8 Å². The largest absolute Gasteiger partial charge is 0.341 e. The van der Waals surface area contributed by atoms with Gasteiger partial charge >= 0.3 is 0 Å². The third kappa shape index (κ3) is 7.35. The molecule has 0 radical (unpaired) electrons. The summed E-state index contributed by atoms with van der Waals surface area (Å²) in [5.74, 6) is -0.364. The van der Waals surface area contributed by atoms with Crippen molar-refractivity contribution in [2.75, 3.05) is 6.54 Å². The second kappa shape index (κ2) is 16.0. The molecule has 4 heteroatoms. The van der Waals surface area contributed by atoms with Crippen molar-refractivity contribution in [3.05, 3.63) is 181 Å². The van der Waals surface area contributed by atoms with Crippen molar-refractivity contribution < 1.29 is 9.59 Å². The van der Waals surface area contributed by atoms with Gasteiger partial charge in [0.25, 0.3) is 11.8 Å². The highest BCUT2D eigenvalue weighted by Crippen LogP contribution is 2.29. The molecule has 2 amide bonds. The Morgan fingerprint density at radius 3 is 1.23 bits per heavy atom. The van der Waals surface area contributed by atoms with Crippen molar-refractivity contribution in [3.63, 3.8) is 0 Å². The number of carbonyl (C=O) groups is 2. The van der Waals surface area contributed by atoms with Crippen LogP contribution in [0.5, 0.6) is 0 Å². The highest BCUT2D eigenvalue weighted by Gasteiger charge is 2.34. The summed E-state index contributed by atoms with van der Waals surface area (Å²) in [6.07, 6.45) is 3.67. The van der Waals surface area contributed by atoms with Crippen LogP contribution in [-0.4, -0.2) is 27.8 Å². The molecule has 8 rings (SSSR count). The molecule has 0 atom stereocenters. The first-order valence-electron chi connectivity index (χ1n) is 16.2. The molecule has 0 spiro atoms. The van der Waals surface area contributed by atoms with Crippen LogP contribution in [0.2, 0.25) is 0 Å². The minimum atomic E-state index is -0.182. The molecule has 7 aromatic rings. The van der Waals surface area contributed by atoms with Crippen LogP contribution in [0.4, 0.5) is 0 Å². The topological polar surface area (TPSA) is 42.3 Å². The van der Waals surface area contributed by atoms with Gasteiger partial charge in [0, 0.05) is 34.9 Å². The number of para-hydroxylation sites is 2. The van der Waals surface area contributed by atoms with Crippen LogP contribution in [0.25, 0.3) is 44.7 Å². The Balaban J connectivity index is 0.000000132. The van der Waals surface area contributed by atoms with Gasteiger partial charge in [-0.15, -0.1) is 0 Å². The van der Waals surface area contributed by atoms with Gasteiger partial charge in [0.2, 0.25) is 0 Å². The summed E-state index contributed by atoms with van der Waals surface area (Å²) >= 11 is 0. The van der Waals surface area contributed by atoms with E-state index < -0.39 is 0 Å². The van der Waals surface area contributed by atoms with Crippen LogP contribution in [-0.2, 0) is 6.54 Å². The predicted molar refractivity (Wildman–Crippen MR) is 203 cm³/mol. The Kier molecular flexibility index (Phi) is 11.1. The molecule has 0 saturated heterocycles. The molecular formula is C44H40N2O2. The molecule has 0 N–H and O–H groups in total. The van der Waals surface area contributed by atoms with E-state index in [0.717, 1.165) is 17.3 Å². The number of imide groups is 1. The summed E-state index contributed by atoms with van der Waals surface area (Å²) in [5, 5.41) is 4.70. The lowest BCUT2D eigenvalue weighted by Gasteiger charge is -2.08. The van der Waals surface area contributed by atoms with Crippen molar-refractivity contribution in [3.8, 4) is 0 Å². The molecule has 1 aliphatic rings. The van der Waals surface area contributed by atoms with E-state index in [1.807, 2.05) is 97.1 Å². The van der Waals surface area contributed by atoms with E-state index in [1.54, 1.807) is 19.1 Å². The molecule has 238 valence electrons. The van der Waals surface area contributed by atoms with E-state index in [-0.39, 0.29) is 11.8 Å². The van der Waals surface area contributed by atoms with Gasteiger partial charge in [0.05, 0.1) is 11.1 Å². The quantitative estimate of drug-likeness (QED) is 0.182. The monoisotopic (exact) mass is 628 g/mol. The van der Waals surface area contributed by atoms with Crippen molar-refractivity contribution in [2.24, 2.45) is 0 Å². The fourth-order valence-corrected chi connectivity index (χ4v) is 5.79. The van der Waals surface area contributed by atoms with E-state index in [0.29, 0.717) is 17.7 Å². The van der Waals surface area contributed by atoms with Gasteiger partial charge < -0.3 is 4.57 Å². The molecule has 0 fully saturated rings. The maximum Gasteiger partial charge on any atom is 0.261 e. The van der Waals surface area contributed by atoms with Crippen LogP contribution < -0.4 is 0 Å². The summed E-state index contributed by atoms with van der Waals surface area (Å²) in [7, 11) is 0. The van der Waals surface area contributed by atoms with E-state index >= 15 is 0 Å². The van der Waals surface area contributed by atoms with E-state index in [2.05, 4.69) is 73.2 Å². The highest BCUT2D eigenvalue weighted by molar-refractivity contribution is 6.23. The number of nitrogens with zero attached hydrogens (tertiary/aromatic N) is 2. The molecule has 0 saturated carbocycles. The molecule has 1 aliphatic heterocycles. The zero-order valence-electron chi connectivity index (χ0n) is 27.6. The Bertz CT molecular complexity index is 2030. The van der Waals surface area contributed by atoms with Crippen LogP contribution in [0, 0.1) is 0 Å². The number of carbonyl (C=O) groups excluding carboxylic acids is 2. The molecule has 2 heterocycles. The molecular weight excluding hydrogens is 588 g/mol. The van der Waals surface area contributed by atoms with Gasteiger partial charge in [-0.25, -0.2) is 0 Å². The first-order valence-corrected chi connectivity index (χ1v) is 16.2. The van der Waals surface area contributed by atoms with Gasteiger partial charge in [-0.1, -0.05) is 147 Å². The average Bonchev–Trinajstić information content (AvgIpc) is 3.61. The first-order chi connectivity index (χ1) is 23.5. The lowest BCUT2D eigenvalue weighted by atomic mass is 10.0. The number of benzene rings is 6. The highest BCUT2D eigenvalue weighted by atomic mass is 16.2. The molecule has 6 aromatic carbocycles. The summed E-state index contributed by atoms with van der Waals surface area (Å²) in [4.78, 5) is 25.3. The van der Waals surface area contributed by atoms with E-state index in [4.69, 9.17) is 0 Å². The van der Waals surface area contributed by atoms with Crippen molar-refractivity contribution in [2.45, 2.75) is 20.4 Å². The molecule has 0 aliphatic carbocycles. The standard InChI is InChI=1S/C14H11NO2.C14H13N.2C8H8/c1-2-15-13(16)11-7-9-5-3-4-6-10(9)8-12(11)14(15)17;1-2-15-13-9-5-3-7-11(13)12-8-4-6-10-14(12)15;2*1-2-8-6-4-3-5-7-8/h3-8H,2H2,1H3;3-10H,2H2,1H3;2*2-7H,1H2. The second-order valence-electron chi connectivity index (χ2n) is 11.1. The predicted octanol–water partition coefficient (Wildman–Crippen LogP) is 10.9. The molecule has 0 bridgehead atoms. The Morgan fingerprint density at radius 2 is 0.875 bits per heavy atom. The van der Waals surface area contributed by atoms with Gasteiger partial charge in [-0.3, -0.25) is 14.5 Å². The summed E-state index contributed by atoms with van der Waals surface area (Å²) in [6, 6.07) is 48.6. The smallest absolute Gasteiger partial charge is 0.261 e. The zero-order chi connectivity index (χ0) is 33.9. The van der Waals surface area contributed by atoms with Crippen molar-refractivity contribution in [1.82, 2.24) is 9.47 Å². The van der Waals surface area contributed by atoms with Gasteiger partial charge in [-0.05, 0) is 60.0 Å². The zero-order valence-corrected chi connectivity index (χ0v) is 27.6. The van der Waals surface area contributed by atoms with Crippen LogP contribution in [0.3, 0.4) is 0 Å². The third-order valence-electron chi connectivity index (χ3n) is 8.22. The molecule has 4 nitrogen and oxygen atoms in total. The fraction of sp³-hybridized carbons (Fsp3) is 0.0909. The number of hydrogen-bond donors (Lipinski definition) is 0. The molecule has 1 aromatic heterocycles. The minimum absolute atomic E-state index is 0.182. The first kappa shape index (κ1) is 33.4. The number of aromatic nitrogens is 1. The lowest BCUT2D eigenvalue weighted by molar-refractivity contribution is 0.0663. The maximum absolute atomic E-state index is 12.0.